The lowest BCUT2D eigenvalue weighted by Gasteiger charge is -2.09. The number of aromatic nitrogens is 4. The van der Waals surface area contributed by atoms with Crippen LogP contribution in [0.25, 0.3) is 0 Å². The van der Waals surface area contributed by atoms with Crippen molar-refractivity contribution in [2.45, 2.75) is 26.4 Å². The lowest BCUT2D eigenvalue weighted by Crippen LogP contribution is -2.10. The molecule has 0 bridgehead atoms. The van der Waals surface area contributed by atoms with Crippen LogP contribution < -0.4 is 0 Å². The van der Waals surface area contributed by atoms with E-state index in [4.69, 9.17) is 11.6 Å². The number of hydrogen-bond acceptors (Lipinski definition) is 4. The lowest BCUT2D eigenvalue weighted by molar-refractivity contribution is 0.165. The number of aliphatic hydroxyl groups excluding tert-OH is 1. The third kappa shape index (κ3) is 2.52. The highest BCUT2D eigenvalue weighted by Gasteiger charge is 2.18. The first-order chi connectivity index (χ1) is 8.49. The number of hydrogen-bond donors (Lipinski definition) is 1. The minimum atomic E-state index is -0.780. The molecule has 2 rings (SSSR count). The van der Waals surface area contributed by atoms with E-state index in [-0.39, 0.29) is 0 Å². The average Bonchev–Trinajstić information content (AvgIpc) is 2.57. The molecule has 2 aromatic heterocycles. The van der Waals surface area contributed by atoms with Crippen LogP contribution in [0.3, 0.4) is 0 Å². The van der Waals surface area contributed by atoms with Crippen LogP contribution in [0.1, 0.15) is 28.9 Å². The molecule has 0 aliphatic heterocycles. The van der Waals surface area contributed by atoms with Gasteiger partial charge < -0.3 is 5.11 Å². The van der Waals surface area contributed by atoms with Crippen molar-refractivity contribution in [2.75, 3.05) is 0 Å². The smallest absolute Gasteiger partial charge is 0.157 e. The van der Waals surface area contributed by atoms with E-state index >= 15 is 0 Å². The summed E-state index contributed by atoms with van der Waals surface area (Å²) in [6.45, 7) is 3.73. The zero-order valence-corrected chi connectivity index (χ0v) is 11.3. The Labute approximate surface area is 110 Å². The molecule has 2 aromatic rings. The van der Waals surface area contributed by atoms with Crippen molar-refractivity contribution in [1.82, 2.24) is 19.7 Å². The summed E-state index contributed by atoms with van der Waals surface area (Å²) in [7, 11) is 1.80. The Bertz CT molecular complexity index is 550. The number of rotatable bonds is 3. The summed E-state index contributed by atoms with van der Waals surface area (Å²) in [5, 5.41) is 14.9. The molecule has 0 fully saturated rings. The average molecular weight is 267 g/mol. The largest absolute Gasteiger partial charge is 0.385 e. The minimum absolute atomic E-state index is 0.346. The summed E-state index contributed by atoms with van der Waals surface area (Å²) < 4.78 is 1.68. The van der Waals surface area contributed by atoms with Gasteiger partial charge in [-0.25, -0.2) is 9.97 Å². The summed E-state index contributed by atoms with van der Waals surface area (Å²) in [6.07, 6.45) is 2.93. The quantitative estimate of drug-likeness (QED) is 0.919. The second kappa shape index (κ2) is 5.04. The van der Waals surface area contributed by atoms with Gasteiger partial charge in [-0.3, -0.25) is 4.68 Å². The third-order valence-electron chi connectivity index (χ3n) is 2.75. The molecule has 18 heavy (non-hydrogen) atoms. The van der Waals surface area contributed by atoms with Crippen LogP contribution in [-0.2, 0) is 13.5 Å². The molecule has 0 aromatic carbocycles. The molecule has 0 radical (unpaired) electrons. The SMILES string of the molecule is Cc1cnc(C(O)Cc2c(Cl)c(C)nn2C)nc1. The topological polar surface area (TPSA) is 63.8 Å². The van der Waals surface area contributed by atoms with E-state index in [1.54, 1.807) is 24.1 Å². The molecule has 0 aliphatic rings. The van der Waals surface area contributed by atoms with Crippen LogP contribution in [0.2, 0.25) is 5.02 Å². The normalized spacial score (nSPS) is 12.7. The fourth-order valence-electron chi connectivity index (χ4n) is 1.75. The second-order valence-electron chi connectivity index (χ2n) is 4.31. The first-order valence-corrected chi connectivity index (χ1v) is 6.01. The van der Waals surface area contributed by atoms with Crippen LogP contribution >= 0.6 is 11.6 Å². The Morgan fingerprint density at radius 2 is 1.94 bits per heavy atom. The summed E-state index contributed by atoms with van der Waals surface area (Å²) >= 11 is 6.14. The number of nitrogens with zero attached hydrogens (tertiary/aromatic N) is 4. The molecule has 0 aliphatic carbocycles. The molecule has 1 unspecified atom stereocenters. The van der Waals surface area contributed by atoms with Crippen LogP contribution in [0.4, 0.5) is 0 Å². The predicted octanol–water partition coefficient (Wildman–Crippen LogP) is 1.76. The monoisotopic (exact) mass is 266 g/mol. The molecule has 0 spiro atoms. The second-order valence-corrected chi connectivity index (χ2v) is 4.69. The van der Waals surface area contributed by atoms with Crippen molar-refractivity contribution in [3.05, 3.63) is 40.2 Å². The first kappa shape index (κ1) is 13.0. The van der Waals surface area contributed by atoms with Crippen LogP contribution in [-0.4, -0.2) is 24.9 Å². The molecule has 5 nitrogen and oxygen atoms in total. The lowest BCUT2D eigenvalue weighted by atomic mass is 10.1. The maximum Gasteiger partial charge on any atom is 0.157 e. The van der Waals surface area contributed by atoms with Gasteiger partial charge in [0.05, 0.1) is 16.4 Å². The molecule has 1 N–H and O–H groups in total. The van der Waals surface area contributed by atoms with E-state index in [1.807, 2.05) is 13.8 Å². The van der Waals surface area contributed by atoms with Gasteiger partial charge in [-0.1, -0.05) is 11.6 Å². The Hall–Kier alpha value is -1.46. The van der Waals surface area contributed by atoms with Gasteiger partial charge in [0.2, 0.25) is 0 Å². The summed E-state index contributed by atoms with van der Waals surface area (Å²) in [4.78, 5) is 8.21. The van der Waals surface area contributed by atoms with Crippen LogP contribution in [0, 0.1) is 13.8 Å². The van der Waals surface area contributed by atoms with Gasteiger partial charge in [0.25, 0.3) is 0 Å². The van der Waals surface area contributed by atoms with E-state index in [1.165, 1.54) is 0 Å². The molecular formula is C12H15ClN4O. The fourth-order valence-corrected chi connectivity index (χ4v) is 1.99. The third-order valence-corrected chi connectivity index (χ3v) is 3.24. The highest BCUT2D eigenvalue weighted by molar-refractivity contribution is 6.31. The van der Waals surface area contributed by atoms with E-state index in [0.29, 0.717) is 17.3 Å². The summed E-state index contributed by atoms with van der Waals surface area (Å²) in [5.74, 6) is 0.399. The van der Waals surface area contributed by atoms with Gasteiger partial charge >= 0.3 is 0 Å². The molecule has 1 atom stereocenters. The predicted molar refractivity (Wildman–Crippen MR) is 68.4 cm³/mol. The van der Waals surface area contributed by atoms with Crippen molar-refractivity contribution in [1.29, 1.82) is 0 Å². The molecule has 6 heteroatoms. The van der Waals surface area contributed by atoms with Gasteiger partial charge in [0.1, 0.15) is 6.10 Å². The molecule has 0 saturated carbocycles. The Morgan fingerprint density at radius 1 is 1.33 bits per heavy atom. The van der Waals surface area contributed by atoms with Crippen molar-refractivity contribution in [3.63, 3.8) is 0 Å². The van der Waals surface area contributed by atoms with Gasteiger partial charge in [-0.05, 0) is 19.4 Å². The van der Waals surface area contributed by atoms with E-state index in [2.05, 4.69) is 15.1 Å². The fraction of sp³-hybridized carbons (Fsp3) is 0.417. The van der Waals surface area contributed by atoms with E-state index in [0.717, 1.165) is 17.0 Å². The van der Waals surface area contributed by atoms with Crippen molar-refractivity contribution in [2.24, 2.45) is 7.05 Å². The van der Waals surface area contributed by atoms with Crippen LogP contribution in [0.15, 0.2) is 12.4 Å². The van der Waals surface area contributed by atoms with Crippen molar-refractivity contribution < 1.29 is 5.11 Å². The Morgan fingerprint density at radius 3 is 2.44 bits per heavy atom. The van der Waals surface area contributed by atoms with Gasteiger partial charge in [-0.15, -0.1) is 0 Å². The van der Waals surface area contributed by atoms with Gasteiger partial charge in [0, 0.05) is 25.9 Å². The van der Waals surface area contributed by atoms with Crippen molar-refractivity contribution >= 4 is 11.6 Å². The van der Waals surface area contributed by atoms with Gasteiger partial charge in [0.15, 0.2) is 5.82 Å². The molecule has 0 amide bonds. The standard InChI is InChI=1S/C12H15ClN4O/c1-7-5-14-12(15-6-7)10(18)4-9-11(13)8(2)16-17(9)3/h5-6,10,18H,4H2,1-3H3. The number of aryl methyl sites for hydroxylation is 3. The van der Waals surface area contributed by atoms with Gasteiger partial charge in [-0.2, -0.15) is 5.10 Å². The Kier molecular flexibility index (Phi) is 3.63. The summed E-state index contributed by atoms with van der Waals surface area (Å²) in [6, 6.07) is 0. The first-order valence-electron chi connectivity index (χ1n) is 5.63. The van der Waals surface area contributed by atoms with Crippen LogP contribution in [0.5, 0.6) is 0 Å². The van der Waals surface area contributed by atoms with Crippen molar-refractivity contribution in [3.8, 4) is 0 Å². The van der Waals surface area contributed by atoms with E-state index < -0.39 is 6.10 Å². The molecule has 0 saturated heterocycles. The molecule has 2 heterocycles. The number of halogens is 1. The maximum atomic E-state index is 10.1. The maximum absolute atomic E-state index is 10.1. The Balaban J connectivity index is 2.21. The molecular weight excluding hydrogens is 252 g/mol. The highest BCUT2D eigenvalue weighted by atomic mass is 35.5. The highest BCUT2D eigenvalue weighted by Crippen LogP contribution is 2.24. The van der Waals surface area contributed by atoms with E-state index in [9.17, 15) is 5.11 Å². The zero-order chi connectivity index (χ0) is 13.3. The number of aliphatic hydroxyl groups is 1. The zero-order valence-electron chi connectivity index (χ0n) is 10.6. The molecule has 96 valence electrons. The summed E-state index contributed by atoms with van der Waals surface area (Å²) in [5.41, 5.74) is 2.50. The minimum Gasteiger partial charge on any atom is -0.385 e.